The summed E-state index contributed by atoms with van der Waals surface area (Å²) in [5.41, 5.74) is 1.06. The molecule has 0 aliphatic rings. The summed E-state index contributed by atoms with van der Waals surface area (Å²) in [6.07, 6.45) is 0. The van der Waals surface area contributed by atoms with Gasteiger partial charge in [-0.05, 0) is 18.4 Å². The van der Waals surface area contributed by atoms with Crippen LogP contribution in [0, 0.1) is 6.92 Å². The number of thiol groups is 1. The number of nitrogens with zero attached hydrogens (tertiary/aromatic N) is 1. The van der Waals surface area contributed by atoms with Crippen molar-refractivity contribution in [1.29, 1.82) is 0 Å². The van der Waals surface area contributed by atoms with E-state index in [1.165, 1.54) is 15.5 Å². The van der Waals surface area contributed by atoms with Crippen molar-refractivity contribution >= 4 is 45.0 Å². The SMILES string of the molecule is Cc1nc2cc(S)c3ccccc3c2s1. The average Bonchev–Trinajstić information content (AvgIpc) is 2.59. The van der Waals surface area contributed by atoms with Crippen molar-refractivity contribution in [1.82, 2.24) is 4.98 Å². The van der Waals surface area contributed by atoms with Crippen LogP contribution in [0.1, 0.15) is 5.01 Å². The van der Waals surface area contributed by atoms with E-state index in [9.17, 15) is 0 Å². The fourth-order valence-electron chi connectivity index (χ4n) is 1.85. The van der Waals surface area contributed by atoms with E-state index in [-0.39, 0.29) is 0 Å². The van der Waals surface area contributed by atoms with Gasteiger partial charge < -0.3 is 0 Å². The minimum Gasteiger partial charge on any atom is -0.241 e. The quantitative estimate of drug-likeness (QED) is 0.576. The Hall–Kier alpha value is -1.06. The minimum atomic E-state index is 1.00. The summed E-state index contributed by atoms with van der Waals surface area (Å²) in [4.78, 5) is 5.50. The van der Waals surface area contributed by atoms with Crippen LogP contribution < -0.4 is 0 Å². The molecule has 1 nitrogen and oxygen atoms in total. The molecule has 0 aliphatic carbocycles. The zero-order valence-corrected chi connectivity index (χ0v) is 9.90. The summed E-state index contributed by atoms with van der Waals surface area (Å²) in [5, 5.41) is 3.57. The van der Waals surface area contributed by atoms with Crippen molar-refractivity contribution in [3.05, 3.63) is 35.3 Å². The third-order valence-corrected chi connectivity index (χ3v) is 3.87. The van der Waals surface area contributed by atoms with Crippen LogP contribution in [0.4, 0.5) is 0 Å². The molecule has 0 saturated carbocycles. The second-order valence-corrected chi connectivity index (χ2v) is 5.21. The van der Waals surface area contributed by atoms with E-state index >= 15 is 0 Å². The molecule has 0 spiro atoms. The Morgan fingerprint density at radius 1 is 1.20 bits per heavy atom. The van der Waals surface area contributed by atoms with E-state index < -0.39 is 0 Å². The molecule has 0 saturated heterocycles. The lowest BCUT2D eigenvalue weighted by atomic mass is 10.1. The largest absolute Gasteiger partial charge is 0.241 e. The number of hydrogen-bond acceptors (Lipinski definition) is 3. The average molecular weight is 231 g/mol. The molecule has 74 valence electrons. The summed E-state index contributed by atoms with van der Waals surface area (Å²) in [6, 6.07) is 10.4. The van der Waals surface area contributed by atoms with Gasteiger partial charge in [0.15, 0.2) is 0 Å². The van der Waals surface area contributed by atoms with Crippen molar-refractivity contribution < 1.29 is 0 Å². The Labute approximate surface area is 97.2 Å². The van der Waals surface area contributed by atoms with Gasteiger partial charge in [0.2, 0.25) is 0 Å². The Morgan fingerprint density at radius 2 is 1.93 bits per heavy atom. The van der Waals surface area contributed by atoms with Gasteiger partial charge in [0.05, 0.1) is 15.2 Å². The zero-order chi connectivity index (χ0) is 10.4. The molecule has 3 heteroatoms. The predicted octanol–water partition coefficient (Wildman–Crippen LogP) is 4.05. The summed E-state index contributed by atoms with van der Waals surface area (Å²) < 4.78 is 1.26. The van der Waals surface area contributed by atoms with Crippen LogP contribution in [-0.4, -0.2) is 4.98 Å². The molecular weight excluding hydrogens is 222 g/mol. The van der Waals surface area contributed by atoms with Crippen LogP contribution in [-0.2, 0) is 0 Å². The molecule has 0 N–H and O–H groups in total. The number of rotatable bonds is 0. The van der Waals surface area contributed by atoms with Crippen molar-refractivity contribution in [3.63, 3.8) is 0 Å². The maximum atomic E-state index is 4.50. The molecule has 0 radical (unpaired) electrons. The van der Waals surface area contributed by atoms with Gasteiger partial charge in [0.25, 0.3) is 0 Å². The predicted molar refractivity (Wildman–Crippen MR) is 69.1 cm³/mol. The van der Waals surface area contributed by atoms with Gasteiger partial charge in [0, 0.05) is 10.3 Å². The standard InChI is InChI=1S/C12H9NS2/c1-7-13-10-6-11(14)8-4-2-3-5-9(8)12(10)15-7/h2-6,14H,1H3. The lowest BCUT2D eigenvalue weighted by Gasteiger charge is -2.01. The monoisotopic (exact) mass is 231 g/mol. The second kappa shape index (κ2) is 3.22. The van der Waals surface area contributed by atoms with E-state index in [4.69, 9.17) is 0 Å². The van der Waals surface area contributed by atoms with E-state index in [1.54, 1.807) is 11.3 Å². The molecule has 1 aromatic heterocycles. The fraction of sp³-hybridized carbons (Fsp3) is 0.0833. The van der Waals surface area contributed by atoms with E-state index in [1.807, 2.05) is 19.1 Å². The highest BCUT2D eigenvalue weighted by molar-refractivity contribution is 7.80. The first-order valence-electron chi connectivity index (χ1n) is 4.73. The molecule has 3 aromatic rings. The molecule has 0 amide bonds. The van der Waals surface area contributed by atoms with E-state index in [2.05, 4.69) is 35.8 Å². The van der Waals surface area contributed by atoms with Gasteiger partial charge in [-0.25, -0.2) is 4.98 Å². The fourth-order valence-corrected chi connectivity index (χ4v) is 3.10. The maximum absolute atomic E-state index is 4.50. The number of thiazole rings is 1. The summed E-state index contributed by atoms with van der Waals surface area (Å²) in [5.74, 6) is 0. The highest BCUT2D eigenvalue weighted by atomic mass is 32.1. The van der Waals surface area contributed by atoms with Crippen LogP contribution in [0.15, 0.2) is 35.2 Å². The van der Waals surface area contributed by atoms with Crippen molar-refractivity contribution in [2.45, 2.75) is 11.8 Å². The number of fused-ring (bicyclic) bond motifs is 3. The Bertz CT molecular complexity index is 655. The summed E-state index contributed by atoms with van der Waals surface area (Å²) >= 11 is 6.25. The minimum absolute atomic E-state index is 1.00. The Morgan fingerprint density at radius 3 is 2.73 bits per heavy atom. The molecule has 1 heterocycles. The normalized spacial score (nSPS) is 11.3. The van der Waals surface area contributed by atoms with Crippen LogP contribution in [0.25, 0.3) is 21.0 Å². The third kappa shape index (κ3) is 1.34. The van der Waals surface area contributed by atoms with Crippen molar-refractivity contribution in [2.24, 2.45) is 0 Å². The highest BCUT2D eigenvalue weighted by Crippen LogP contribution is 2.33. The molecule has 0 unspecified atom stereocenters. The molecule has 0 aliphatic heterocycles. The van der Waals surface area contributed by atoms with E-state index in [0.717, 1.165) is 15.4 Å². The topological polar surface area (TPSA) is 12.9 Å². The maximum Gasteiger partial charge on any atom is 0.0908 e. The Balaban J connectivity index is 2.62. The van der Waals surface area contributed by atoms with Gasteiger partial charge in [-0.15, -0.1) is 24.0 Å². The number of benzene rings is 2. The molecule has 3 rings (SSSR count). The van der Waals surface area contributed by atoms with Crippen LogP contribution >= 0.6 is 24.0 Å². The van der Waals surface area contributed by atoms with Crippen molar-refractivity contribution in [2.75, 3.05) is 0 Å². The molecule has 0 fully saturated rings. The molecule has 0 atom stereocenters. The van der Waals surface area contributed by atoms with Gasteiger partial charge >= 0.3 is 0 Å². The first-order chi connectivity index (χ1) is 7.25. The van der Waals surface area contributed by atoms with Gasteiger partial charge in [-0.3, -0.25) is 0 Å². The molecule has 15 heavy (non-hydrogen) atoms. The first kappa shape index (κ1) is 9.19. The van der Waals surface area contributed by atoms with E-state index in [0.29, 0.717) is 0 Å². The Kier molecular flexibility index (Phi) is 1.97. The van der Waals surface area contributed by atoms with Crippen LogP contribution in [0.3, 0.4) is 0 Å². The lowest BCUT2D eigenvalue weighted by molar-refractivity contribution is 1.34. The van der Waals surface area contributed by atoms with Gasteiger partial charge in [-0.1, -0.05) is 24.3 Å². The van der Waals surface area contributed by atoms with Crippen molar-refractivity contribution in [3.8, 4) is 0 Å². The first-order valence-corrected chi connectivity index (χ1v) is 6.00. The number of hydrogen-bond donors (Lipinski definition) is 1. The molecular formula is C12H9NS2. The number of aryl methyl sites for hydroxylation is 1. The summed E-state index contributed by atoms with van der Waals surface area (Å²) in [7, 11) is 0. The zero-order valence-electron chi connectivity index (χ0n) is 8.19. The van der Waals surface area contributed by atoms with Gasteiger partial charge in [-0.2, -0.15) is 0 Å². The van der Waals surface area contributed by atoms with Crippen LogP contribution in [0.2, 0.25) is 0 Å². The lowest BCUT2D eigenvalue weighted by Crippen LogP contribution is -1.76. The smallest absolute Gasteiger partial charge is 0.0908 e. The number of aromatic nitrogens is 1. The third-order valence-electron chi connectivity index (χ3n) is 2.48. The molecule has 0 bridgehead atoms. The molecule has 2 aromatic carbocycles. The second-order valence-electron chi connectivity index (χ2n) is 3.52. The summed E-state index contributed by atoms with van der Waals surface area (Å²) in [6.45, 7) is 2.04. The van der Waals surface area contributed by atoms with Gasteiger partial charge in [0.1, 0.15) is 0 Å². The van der Waals surface area contributed by atoms with Crippen LogP contribution in [0.5, 0.6) is 0 Å². The highest BCUT2D eigenvalue weighted by Gasteiger charge is 2.07.